The van der Waals surface area contributed by atoms with Gasteiger partial charge in [0.15, 0.2) is 5.76 Å². The van der Waals surface area contributed by atoms with Crippen LogP contribution in [0.5, 0.6) is 5.75 Å². The number of furan rings is 1. The topological polar surface area (TPSA) is 71.8 Å². The average molecular weight is 370 g/mol. The van der Waals surface area contributed by atoms with Gasteiger partial charge < -0.3 is 19.4 Å². The first-order chi connectivity index (χ1) is 12.2. The van der Waals surface area contributed by atoms with E-state index < -0.39 is 24.2 Å². The maximum absolute atomic E-state index is 12.1. The molecule has 1 N–H and O–H groups in total. The van der Waals surface area contributed by atoms with Crippen LogP contribution in [-0.2, 0) is 4.79 Å². The zero-order valence-electron chi connectivity index (χ0n) is 14.0. The van der Waals surface area contributed by atoms with Gasteiger partial charge in [0.25, 0.3) is 5.91 Å². The highest BCUT2D eigenvalue weighted by atomic mass is 19.4. The summed E-state index contributed by atoms with van der Waals surface area (Å²) in [4.78, 5) is 25.2. The van der Waals surface area contributed by atoms with Crippen molar-refractivity contribution in [3.63, 3.8) is 0 Å². The van der Waals surface area contributed by atoms with Crippen molar-refractivity contribution in [2.45, 2.75) is 19.3 Å². The molecule has 140 valence electrons. The van der Waals surface area contributed by atoms with Crippen molar-refractivity contribution in [3.05, 3.63) is 54.0 Å². The van der Waals surface area contributed by atoms with Gasteiger partial charge in [0.1, 0.15) is 5.75 Å². The minimum Gasteiger partial charge on any atom is -0.459 e. The molecule has 1 atom stereocenters. The van der Waals surface area contributed by atoms with E-state index in [1.165, 1.54) is 36.4 Å². The van der Waals surface area contributed by atoms with Crippen LogP contribution in [0.25, 0.3) is 0 Å². The van der Waals surface area contributed by atoms with E-state index in [4.69, 9.17) is 4.42 Å². The lowest BCUT2D eigenvalue weighted by atomic mass is 10.1. The SMILES string of the molecule is CC(NC(=O)CN(C)C(=O)c1ccco1)c1ccc(OC(F)(F)F)cc1. The molecule has 0 radical (unpaired) electrons. The zero-order chi connectivity index (χ0) is 19.3. The van der Waals surface area contributed by atoms with Gasteiger partial charge in [-0.3, -0.25) is 9.59 Å². The van der Waals surface area contributed by atoms with Crippen LogP contribution in [-0.4, -0.2) is 36.7 Å². The molecule has 2 aromatic rings. The molecule has 9 heteroatoms. The molecule has 0 aliphatic carbocycles. The number of hydrogen-bond acceptors (Lipinski definition) is 4. The predicted octanol–water partition coefficient (Wildman–Crippen LogP) is 3.13. The molecule has 0 spiro atoms. The fraction of sp³-hybridized carbons (Fsp3) is 0.294. The third-order valence-corrected chi connectivity index (χ3v) is 3.45. The van der Waals surface area contributed by atoms with Crippen LogP contribution < -0.4 is 10.1 Å². The Kier molecular flexibility index (Phi) is 5.91. The molecular formula is C17H17F3N2O4. The Labute approximate surface area is 147 Å². The van der Waals surface area contributed by atoms with Crippen LogP contribution in [0.15, 0.2) is 47.1 Å². The predicted molar refractivity (Wildman–Crippen MR) is 85.4 cm³/mol. The van der Waals surface area contributed by atoms with E-state index in [9.17, 15) is 22.8 Å². The first-order valence-corrected chi connectivity index (χ1v) is 7.60. The normalized spacial score (nSPS) is 12.3. The molecule has 2 amide bonds. The molecule has 26 heavy (non-hydrogen) atoms. The number of hydrogen-bond donors (Lipinski definition) is 1. The summed E-state index contributed by atoms with van der Waals surface area (Å²) < 4.78 is 45.2. The average Bonchev–Trinajstić information content (AvgIpc) is 3.07. The number of carbonyl (C=O) groups excluding carboxylic acids is 2. The molecular weight excluding hydrogens is 353 g/mol. The van der Waals surface area contributed by atoms with Crippen LogP contribution in [0.1, 0.15) is 29.1 Å². The lowest BCUT2D eigenvalue weighted by molar-refractivity contribution is -0.274. The van der Waals surface area contributed by atoms with Crippen LogP contribution >= 0.6 is 0 Å². The molecule has 1 heterocycles. The minimum atomic E-state index is -4.76. The van der Waals surface area contributed by atoms with Gasteiger partial charge in [-0.2, -0.15) is 0 Å². The van der Waals surface area contributed by atoms with Crippen LogP contribution in [0, 0.1) is 0 Å². The second kappa shape index (κ2) is 7.94. The standard InChI is InChI=1S/C17H17F3N2O4/c1-11(12-5-7-13(8-6-12)26-17(18,19)20)21-15(23)10-22(2)16(24)14-4-3-9-25-14/h3-9,11H,10H2,1-2H3,(H,21,23). The molecule has 1 aromatic heterocycles. The second-order valence-electron chi connectivity index (χ2n) is 5.54. The number of nitrogens with one attached hydrogen (secondary N) is 1. The fourth-order valence-corrected chi connectivity index (χ4v) is 2.20. The van der Waals surface area contributed by atoms with E-state index >= 15 is 0 Å². The lowest BCUT2D eigenvalue weighted by Crippen LogP contribution is -2.39. The summed E-state index contributed by atoms with van der Waals surface area (Å²) in [6.45, 7) is 1.48. The van der Waals surface area contributed by atoms with Crippen molar-refractivity contribution in [2.24, 2.45) is 0 Å². The zero-order valence-corrected chi connectivity index (χ0v) is 14.0. The third kappa shape index (κ3) is 5.54. The summed E-state index contributed by atoms with van der Waals surface area (Å²) in [7, 11) is 1.46. The van der Waals surface area contributed by atoms with E-state index in [1.807, 2.05) is 0 Å². The summed E-state index contributed by atoms with van der Waals surface area (Å²) >= 11 is 0. The van der Waals surface area contributed by atoms with Crippen molar-refractivity contribution in [1.82, 2.24) is 10.2 Å². The summed E-state index contributed by atoms with van der Waals surface area (Å²) in [5, 5.41) is 2.67. The molecule has 0 saturated heterocycles. The van der Waals surface area contributed by atoms with Gasteiger partial charge >= 0.3 is 6.36 Å². The first kappa shape index (κ1) is 19.4. The number of nitrogens with zero attached hydrogens (tertiary/aromatic N) is 1. The summed E-state index contributed by atoms with van der Waals surface area (Å²) in [5.41, 5.74) is 0.591. The Morgan fingerprint density at radius 1 is 1.23 bits per heavy atom. The largest absolute Gasteiger partial charge is 0.573 e. The number of carbonyl (C=O) groups is 2. The Morgan fingerprint density at radius 2 is 1.88 bits per heavy atom. The third-order valence-electron chi connectivity index (χ3n) is 3.45. The molecule has 1 unspecified atom stereocenters. The monoisotopic (exact) mass is 370 g/mol. The smallest absolute Gasteiger partial charge is 0.459 e. The molecule has 0 aliphatic rings. The molecule has 1 aromatic carbocycles. The van der Waals surface area contributed by atoms with Crippen molar-refractivity contribution < 1.29 is 31.9 Å². The number of ether oxygens (including phenoxy) is 1. The maximum Gasteiger partial charge on any atom is 0.573 e. The highest BCUT2D eigenvalue weighted by Crippen LogP contribution is 2.24. The maximum atomic E-state index is 12.1. The van der Waals surface area contributed by atoms with Gasteiger partial charge in [-0.15, -0.1) is 13.2 Å². The van der Waals surface area contributed by atoms with Crippen LogP contribution in [0.3, 0.4) is 0 Å². The van der Waals surface area contributed by atoms with E-state index in [0.29, 0.717) is 5.56 Å². The van der Waals surface area contributed by atoms with E-state index in [-0.39, 0.29) is 18.1 Å². The van der Waals surface area contributed by atoms with Gasteiger partial charge in [0.05, 0.1) is 18.8 Å². The van der Waals surface area contributed by atoms with Crippen molar-refractivity contribution >= 4 is 11.8 Å². The summed E-state index contributed by atoms with van der Waals surface area (Å²) in [5.74, 6) is -1.08. The molecule has 6 nitrogen and oxygen atoms in total. The van der Waals surface area contributed by atoms with E-state index in [0.717, 1.165) is 12.1 Å². The minimum absolute atomic E-state index is 0.119. The molecule has 0 bridgehead atoms. The molecule has 2 rings (SSSR count). The number of rotatable bonds is 6. The Hall–Kier alpha value is -2.97. The molecule has 0 saturated carbocycles. The number of halogens is 3. The first-order valence-electron chi connectivity index (χ1n) is 7.60. The Morgan fingerprint density at radius 3 is 2.42 bits per heavy atom. The van der Waals surface area contributed by atoms with Gasteiger partial charge in [-0.1, -0.05) is 12.1 Å². The highest BCUT2D eigenvalue weighted by molar-refractivity contribution is 5.94. The Balaban J connectivity index is 1.89. The summed E-state index contributed by atoms with van der Waals surface area (Å²) in [6.07, 6.45) is -3.40. The quantitative estimate of drug-likeness (QED) is 0.848. The van der Waals surface area contributed by atoms with Gasteiger partial charge in [0.2, 0.25) is 5.91 Å². The second-order valence-corrected chi connectivity index (χ2v) is 5.54. The number of likely N-dealkylation sites (N-methyl/N-ethyl adjacent to an activating group) is 1. The van der Waals surface area contributed by atoms with E-state index in [1.54, 1.807) is 13.0 Å². The van der Waals surface area contributed by atoms with Crippen molar-refractivity contribution in [3.8, 4) is 5.75 Å². The van der Waals surface area contributed by atoms with Crippen LogP contribution in [0.2, 0.25) is 0 Å². The van der Waals surface area contributed by atoms with Gasteiger partial charge in [-0.25, -0.2) is 0 Å². The van der Waals surface area contributed by atoms with E-state index in [2.05, 4.69) is 10.1 Å². The van der Waals surface area contributed by atoms with Crippen LogP contribution in [0.4, 0.5) is 13.2 Å². The Bertz CT molecular complexity index is 742. The van der Waals surface area contributed by atoms with Gasteiger partial charge in [0, 0.05) is 7.05 Å². The fourth-order valence-electron chi connectivity index (χ4n) is 2.20. The number of benzene rings is 1. The highest BCUT2D eigenvalue weighted by Gasteiger charge is 2.31. The molecule has 0 fully saturated rings. The number of alkyl halides is 3. The van der Waals surface area contributed by atoms with Crippen molar-refractivity contribution in [2.75, 3.05) is 13.6 Å². The number of amides is 2. The summed E-state index contributed by atoms with van der Waals surface area (Å²) in [6, 6.07) is 7.76. The molecule has 0 aliphatic heterocycles. The lowest BCUT2D eigenvalue weighted by Gasteiger charge is -2.19. The van der Waals surface area contributed by atoms with Gasteiger partial charge in [-0.05, 0) is 36.8 Å². The van der Waals surface area contributed by atoms with Crippen molar-refractivity contribution in [1.29, 1.82) is 0 Å².